The average Bonchev–Trinajstić information content (AvgIpc) is 3.20. The Hall–Kier alpha value is -4.14. The molecule has 0 saturated heterocycles. The standard InChI is InChI=1S/C28H26F3N3O3/c1-17-14-20(26(35)33(2)3)15-23-25(17)32-24(12-13-28(29,30)31)34(23)16-18-8-10-19(11-9-18)21-6-4-5-7-22(21)27(36)37/h4-11,14-15H,12-13,16H2,1-3H3,(H,36,37). The number of aromatic nitrogens is 2. The van der Waals surface area contributed by atoms with Gasteiger partial charge in [-0.2, -0.15) is 13.2 Å². The van der Waals surface area contributed by atoms with Gasteiger partial charge in [-0.05, 0) is 47.4 Å². The number of rotatable bonds is 7. The number of benzene rings is 3. The Morgan fingerprint density at radius 1 is 1.03 bits per heavy atom. The summed E-state index contributed by atoms with van der Waals surface area (Å²) in [7, 11) is 3.27. The monoisotopic (exact) mass is 509 g/mol. The number of amides is 1. The van der Waals surface area contributed by atoms with Gasteiger partial charge in [-0.3, -0.25) is 4.79 Å². The van der Waals surface area contributed by atoms with Crippen LogP contribution in [0.1, 0.15) is 44.1 Å². The molecule has 6 nitrogen and oxygen atoms in total. The van der Waals surface area contributed by atoms with Crippen molar-refractivity contribution in [1.82, 2.24) is 14.5 Å². The lowest BCUT2D eigenvalue weighted by Gasteiger charge is -2.14. The third-order valence-electron chi connectivity index (χ3n) is 6.17. The highest BCUT2D eigenvalue weighted by Gasteiger charge is 2.28. The number of halogens is 3. The number of fused-ring (bicyclic) bond motifs is 1. The molecular weight excluding hydrogens is 483 g/mol. The highest BCUT2D eigenvalue weighted by molar-refractivity contribution is 5.98. The molecule has 4 rings (SSSR count). The van der Waals surface area contributed by atoms with Gasteiger partial charge >= 0.3 is 12.1 Å². The number of aromatic carboxylic acids is 1. The fourth-order valence-corrected chi connectivity index (χ4v) is 4.34. The van der Waals surface area contributed by atoms with E-state index in [0.29, 0.717) is 33.3 Å². The minimum atomic E-state index is -4.33. The van der Waals surface area contributed by atoms with E-state index in [9.17, 15) is 27.9 Å². The summed E-state index contributed by atoms with van der Waals surface area (Å²) < 4.78 is 40.9. The smallest absolute Gasteiger partial charge is 0.389 e. The number of nitrogens with zero attached hydrogens (tertiary/aromatic N) is 3. The molecule has 0 spiro atoms. The van der Waals surface area contributed by atoms with Gasteiger partial charge in [-0.1, -0.05) is 42.5 Å². The molecule has 1 aromatic heterocycles. The summed E-state index contributed by atoms with van der Waals surface area (Å²) in [6, 6.07) is 17.3. The normalized spacial score (nSPS) is 11.6. The topological polar surface area (TPSA) is 75.4 Å². The first-order valence-corrected chi connectivity index (χ1v) is 11.6. The summed E-state index contributed by atoms with van der Waals surface area (Å²) in [6.07, 6.45) is -5.63. The van der Waals surface area contributed by atoms with Gasteiger partial charge in [0, 0.05) is 32.6 Å². The lowest BCUT2D eigenvalue weighted by Crippen LogP contribution is -2.21. The molecule has 1 amide bonds. The van der Waals surface area contributed by atoms with E-state index in [0.717, 1.165) is 5.56 Å². The number of aryl methyl sites for hydroxylation is 2. The molecule has 3 aromatic carbocycles. The van der Waals surface area contributed by atoms with Crippen LogP contribution in [0, 0.1) is 6.92 Å². The van der Waals surface area contributed by atoms with Crippen molar-refractivity contribution in [1.29, 1.82) is 0 Å². The van der Waals surface area contributed by atoms with Crippen molar-refractivity contribution in [3.8, 4) is 11.1 Å². The highest BCUT2D eigenvalue weighted by Crippen LogP contribution is 2.29. The van der Waals surface area contributed by atoms with E-state index in [1.165, 1.54) is 11.0 Å². The minimum absolute atomic E-state index is 0.179. The maximum absolute atomic E-state index is 13.1. The van der Waals surface area contributed by atoms with Crippen LogP contribution < -0.4 is 0 Å². The second-order valence-corrected chi connectivity index (χ2v) is 9.14. The summed E-state index contributed by atoms with van der Waals surface area (Å²) in [5.41, 5.74) is 4.54. The van der Waals surface area contributed by atoms with Gasteiger partial charge in [-0.15, -0.1) is 0 Å². The Bertz CT molecular complexity index is 1470. The quantitative estimate of drug-likeness (QED) is 0.334. The number of hydrogen-bond donors (Lipinski definition) is 1. The van der Waals surface area contributed by atoms with Gasteiger partial charge in [0.15, 0.2) is 0 Å². The molecule has 0 atom stereocenters. The molecule has 0 unspecified atom stereocenters. The van der Waals surface area contributed by atoms with Crippen molar-refractivity contribution < 1.29 is 27.9 Å². The molecule has 1 N–H and O–H groups in total. The van der Waals surface area contributed by atoms with Crippen molar-refractivity contribution in [2.75, 3.05) is 14.1 Å². The van der Waals surface area contributed by atoms with Crippen LogP contribution in [-0.2, 0) is 13.0 Å². The number of carboxylic acid groups (broad SMARTS) is 1. The second kappa shape index (κ2) is 10.1. The van der Waals surface area contributed by atoms with Crippen molar-refractivity contribution in [3.05, 3.63) is 88.7 Å². The number of imidazole rings is 1. The molecule has 1 heterocycles. The van der Waals surface area contributed by atoms with Crippen LogP contribution in [0.5, 0.6) is 0 Å². The minimum Gasteiger partial charge on any atom is -0.478 e. The maximum Gasteiger partial charge on any atom is 0.389 e. The molecule has 0 bridgehead atoms. The third kappa shape index (κ3) is 5.66. The van der Waals surface area contributed by atoms with Crippen LogP contribution >= 0.6 is 0 Å². The second-order valence-electron chi connectivity index (χ2n) is 9.14. The highest BCUT2D eigenvalue weighted by atomic mass is 19.4. The molecule has 0 radical (unpaired) electrons. The maximum atomic E-state index is 13.1. The van der Waals surface area contributed by atoms with E-state index in [1.54, 1.807) is 68.1 Å². The summed E-state index contributed by atoms with van der Waals surface area (Å²) in [4.78, 5) is 30.2. The lowest BCUT2D eigenvalue weighted by molar-refractivity contribution is -0.134. The molecule has 9 heteroatoms. The van der Waals surface area contributed by atoms with Crippen molar-refractivity contribution in [2.24, 2.45) is 0 Å². The largest absolute Gasteiger partial charge is 0.478 e. The first kappa shape index (κ1) is 25.9. The summed E-state index contributed by atoms with van der Waals surface area (Å²) in [5, 5.41) is 9.49. The Morgan fingerprint density at radius 2 is 1.70 bits per heavy atom. The van der Waals surface area contributed by atoms with Crippen LogP contribution in [0.4, 0.5) is 13.2 Å². The molecule has 0 saturated carbocycles. The third-order valence-corrected chi connectivity index (χ3v) is 6.17. The molecule has 0 aliphatic rings. The van der Waals surface area contributed by atoms with E-state index in [4.69, 9.17) is 0 Å². The zero-order valence-electron chi connectivity index (χ0n) is 20.6. The number of carbonyl (C=O) groups excluding carboxylic acids is 1. The molecule has 0 aliphatic heterocycles. The lowest BCUT2D eigenvalue weighted by atomic mass is 9.98. The molecule has 0 fully saturated rings. The molecule has 37 heavy (non-hydrogen) atoms. The average molecular weight is 510 g/mol. The number of hydrogen-bond acceptors (Lipinski definition) is 3. The Balaban J connectivity index is 1.76. The van der Waals surface area contributed by atoms with Crippen LogP contribution in [0.3, 0.4) is 0 Å². The summed E-state index contributed by atoms with van der Waals surface area (Å²) in [5.74, 6) is -0.960. The number of alkyl halides is 3. The van der Waals surface area contributed by atoms with Gasteiger partial charge in [-0.25, -0.2) is 9.78 Å². The molecule has 192 valence electrons. The zero-order valence-corrected chi connectivity index (χ0v) is 20.6. The van der Waals surface area contributed by atoms with Gasteiger partial charge in [0.05, 0.1) is 23.0 Å². The van der Waals surface area contributed by atoms with Crippen molar-refractivity contribution in [3.63, 3.8) is 0 Å². The van der Waals surface area contributed by atoms with E-state index in [1.807, 2.05) is 12.1 Å². The van der Waals surface area contributed by atoms with Crippen molar-refractivity contribution in [2.45, 2.75) is 32.5 Å². The summed E-state index contributed by atoms with van der Waals surface area (Å²) >= 11 is 0. The SMILES string of the molecule is Cc1cc(C(=O)N(C)C)cc2c1nc(CCC(F)(F)F)n2Cc1ccc(-c2ccccc2C(=O)O)cc1. The van der Waals surface area contributed by atoms with E-state index >= 15 is 0 Å². The number of carboxylic acids is 1. The number of carbonyl (C=O) groups is 2. The van der Waals surface area contributed by atoms with Crippen LogP contribution in [-0.4, -0.2) is 51.7 Å². The summed E-state index contributed by atoms with van der Waals surface area (Å²) in [6.45, 7) is 2.03. The van der Waals surface area contributed by atoms with Gasteiger partial charge < -0.3 is 14.6 Å². The fraction of sp³-hybridized carbons (Fsp3) is 0.250. The first-order chi connectivity index (χ1) is 17.4. The van der Waals surface area contributed by atoms with Gasteiger partial charge in [0.2, 0.25) is 0 Å². The van der Waals surface area contributed by atoms with E-state index < -0.39 is 18.6 Å². The van der Waals surface area contributed by atoms with E-state index in [-0.39, 0.29) is 30.3 Å². The predicted molar refractivity (Wildman–Crippen MR) is 135 cm³/mol. The first-order valence-electron chi connectivity index (χ1n) is 11.6. The van der Waals surface area contributed by atoms with Crippen LogP contribution in [0.2, 0.25) is 0 Å². The Morgan fingerprint density at radius 3 is 2.32 bits per heavy atom. The van der Waals surface area contributed by atoms with Gasteiger partial charge in [0.1, 0.15) is 5.82 Å². The molecular formula is C28H26F3N3O3. The Kier molecular flexibility index (Phi) is 7.07. The van der Waals surface area contributed by atoms with Gasteiger partial charge in [0.25, 0.3) is 5.91 Å². The van der Waals surface area contributed by atoms with E-state index in [2.05, 4.69) is 4.98 Å². The van der Waals surface area contributed by atoms with Crippen LogP contribution in [0.25, 0.3) is 22.2 Å². The zero-order chi connectivity index (χ0) is 26.9. The molecule has 0 aliphatic carbocycles. The predicted octanol–water partition coefficient (Wildman–Crippen LogP) is 5.95. The molecule has 4 aromatic rings. The van der Waals surface area contributed by atoms with Crippen molar-refractivity contribution >= 4 is 22.9 Å². The van der Waals surface area contributed by atoms with Crippen LogP contribution in [0.15, 0.2) is 60.7 Å². The Labute approximate surface area is 212 Å². The fourth-order valence-electron chi connectivity index (χ4n) is 4.34.